The molecule has 104 valence electrons. The number of likely N-dealkylation sites (N-methyl/N-ethyl adjacent to an activating group) is 1. The van der Waals surface area contributed by atoms with E-state index in [-0.39, 0.29) is 5.69 Å². The fourth-order valence-electron chi connectivity index (χ4n) is 2.58. The van der Waals surface area contributed by atoms with Crippen molar-refractivity contribution in [2.75, 3.05) is 25.0 Å². The molecule has 0 radical (unpaired) electrons. The van der Waals surface area contributed by atoms with Crippen molar-refractivity contribution in [1.29, 1.82) is 0 Å². The molecule has 0 aliphatic carbocycles. The van der Waals surface area contributed by atoms with Crippen LogP contribution in [0.3, 0.4) is 0 Å². The number of aromatic nitrogens is 1. The van der Waals surface area contributed by atoms with E-state index in [1.807, 2.05) is 6.07 Å². The number of piperidine rings is 1. The van der Waals surface area contributed by atoms with Gasteiger partial charge in [-0.2, -0.15) is 0 Å². The highest BCUT2D eigenvalue weighted by Crippen LogP contribution is 2.17. The summed E-state index contributed by atoms with van der Waals surface area (Å²) in [4.78, 5) is 17.4. The van der Waals surface area contributed by atoms with E-state index in [1.165, 1.54) is 25.3 Å². The summed E-state index contributed by atoms with van der Waals surface area (Å²) in [6.45, 7) is 5.23. The molecular weight excluding hydrogens is 242 g/mol. The maximum atomic E-state index is 10.9. The van der Waals surface area contributed by atoms with Gasteiger partial charge in [0.05, 0.1) is 0 Å². The second-order valence-corrected chi connectivity index (χ2v) is 4.87. The van der Waals surface area contributed by atoms with Crippen molar-refractivity contribution < 1.29 is 9.90 Å². The van der Waals surface area contributed by atoms with E-state index >= 15 is 0 Å². The summed E-state index contributed by atoms with van der Waals surface area (Å²) in [5, 5.41) is 12.2. The van der Waals surface area contributed by atoms with Crippen molar-refractivity contribution in [3.05, 3.63) is 23.9 Å². The zero-order valence-electron chi connectivity index (χ0n) is 11.3. The minimum Gasteiger partial charge on any atom is -0.477 e. The number of nitrogens with one attached hydrogen (secondary N) is 1. The summed E-state index contributed by atoms with van der Waals surface area (Å²) in [7, 11) is 0. The maximum Gasteiger partial charge on any atom is 0.354 e. The van der Waals surface area contributed by atoms with Crippen LogP contribution in [0.15, 0.2) is 18.2 Å². The SMILES string of the molecule is CCN1CCCCC1CNc1cccc(C(=O)O)n1. The van der Waals surface area contributed by atoms with Gasteiger partial charge in [0.1, 0.15) is 5.82 Å². The number of carboxylic acids is 1. The van der Waals surface area contributed by atoms with Gasteiger partial charge < -0.3 is 10.4 Å². The van der Waals surface area contributed by atoms with Crippen molar-refractivity contribution in [2.24, 2.45) is 0 Å². The Morgan fingerprint density at radius 3 is 3.11 bits per heavy atom. The molecule has 1 unspecified atom stereocenters. The Morgan fingerprint density at radius 1 is 1.53 bits per heavy atom. The zero-order chi connectivity index (χ0) is 13.7. The third-order valence-corrected chi connectivity index (χ3v) is 3.64. The van der Waals surface area contributed by atoms with Crippen LogP contribution in [0.25, 0.3) is 0 Å². The summed E-state index contributed by atoms with van der Waals surface area (Å²) < 4.78 is 0. The van der Waals surface area contributed by atoms with Crippen LogP contribution in [0, 0.1) is 0 Å². The largest absolute Gasteiger partial charge is 0.477 e. The van der Waals surface area contributed by atoms with Gasteiger partial charge >= 0.3 is 5.97 Å². The maximum absolute atomic E-state index is 10.9. The minimum absolute atomic E-state index is 0.0843. The van der Waals surface area contributed by atoms with E-state index in [1.54, 1.807) is 6.07 Å². The topological polar surface area (TPSA) is 65.5 Å². The van der Waals surface area contributed by atoms with Gasteiger partial charge in [-0.1, -0.05) is 19.4 Å². The number of nitrogens with zero attached hydrogens (tertiary/aromatic N) is 2. The first-order chi connectivity index (χ1) is 9.20. The molecule has 0 aromatic carbocycles. The molecule has 1 aliphatic heterocycles. The van der Waals surface area contributed by atoms with Gasteiger partial charge in [0.2, 0.25) is 0 Å². The smallest absolute Gasteiger partial charge is 0.354 e. The number of carboxylic acid groups (broad SMARTS) is 1. The number of likely N-dealkylation sites (tertiary alicyclic amines) is 1. The molecule has 1 fully saturated rings. The number of hydrogen-bond acceptors (Lipinski definition) is 4. The summed E-state index contributed by atoms with van der Waals surface area (Å²) in [5.74, 6) is -0.349. The average Bonchev–Trinajstić information content (AvgIpc) is 2.45. The molecule has 1 atom stereocenters. The summed E-state index contributed by atoms with van der Waals surface area (Å²) >= 11 is 0. The number of aromatic carboxylic acids is 1. The van der Waals surface area contributed by atoms with E-state index in [0.717, 1.165) is 19.6 Å². The first kappa shape index (κ1) is 13.8. The fourth-order valence-corrected chi connectivity index (χ4v) is 2.58. The second-order valence-electron chi connectivity index (χ2n) is 4.87. The van der Waals surface area contributed by atoms with Crippen LogP contribution in [0.5, 0.6) is 0 Å². The molecule has 2 heterocycles. The van der Waals surface area contributed by atoms with Crippen LogP contribution in [0.2, 0.25) is 0 Å². The van der Waals surface area contributed by atoms with Crippen LogP contribution in [-0.2, 0) is 0 Å². The van der Waals surface area contributed by atoms with Crippen molar-refractivity contribution >= 4 is 11.8 Å². The Kier molecular flexibility index (Phi) is 4.74. The van der Waals surface area contributed by atoms with Crippen LogP contribution in [-0.4, -0.2) is 46.6 Å². The number of carbonyl (C=O) groups is 1. The third kappa shape index (κ3) is 3.67. The van der Waals surface area contributed by atoms with Gasteiger partial charge in [0, 0.05) is 12.6 Å². The van der Waals surface area contributed by atoms with Crippen LogP contribution >= 0.6 is 0 Å². The van der Waals surface area contributed by atoms with Gasteiger partial charge in [-0.15, -0.1) is 0 Å². The highest BCUT2D eigenvalue weighted by Gasteiger charge is 2.20. The van der Waals surface area contributed by atoms with E-state index in [2.05, 4.69) is 22.1 Å². The lowest BCUT2D eigenvalue weighted by Gasteiger charge is -2.35. The Hall–Kier alpha value is -1.62. The summed E-state index contributed by atoms with van der Waals surface area (Å²) in [6.07, 6.45) is 3.74. The van der Waals surface area contributed by atoms with Crippen molar-refractivity contribution in [1.82, 2.24) is 9.88 Å². The summed E-state index contributed by atoms with van der Waals surface area (Å²) in [6, 6.07) is 5.56. The van der Waals surface area contributed by atoms with Gasteiger partial charge in [0.25, 0.3) is 0 Å². The molecule has 1 aliphatic rings. The molecule has 2 N–H and O–H groups in total. The molecule has 0 amide bonds. The average molecular weight is 263 g/mol. The lowest BCUT2D eigenvalue weighted by Crippen LogP contribution is -2.43. The zero-order valence-corrected chi connectivity index (χ0v) is 11.3. The number of rotatable bonds is 5. The quantitative estimate of drug-likeness (QED) is 0.851. The molecule has 2 rings (SSSR count). The predicted octanol–water partition coefficient (Wildman–Crippen LogP) is 2.07. The molecule has 1 aromatic heterocycles. The molecule has 0 bridgehead atoms. The Bertz CT molecular complexity index is 436. The van der Waals surface area contributed by atoms with Gasteiger partial charge in [-0.3, -0.25) is 4.90 Å². The molecule has 0 spiro atoms. The Morgan fingerprint density at radius 2 is 2.37 bits per heavy atom. The summed E-state index contributed by atoms with van der Waals surface area (Å²) in [5.41, 5.74) is 0.0843. The van der Waals surface area contributed by atoms with E-state index < -0.39 is 5.97 Å². The van der Waals surface area contributed by atoms with Crippen molar-refractivity contribution in [3.63, 3.8) is 0 Å². The minimum atomic E-state index is -0.989. The second kappa shape index (κ2) is 6.52. The molecular formula is C14H21N3O2. The predicted molar refractivity (Wildman–Crippen MR) is 74.6 cm³/mol. The lowest BCUT2D eigenvalue weighted by molar-refractivity contribution is 0.0690. The highest BCUT2D eigenvalue weighted by atomic mass is 16.4. The van der Waals surface area contributed by atoms with Gasteiger partial charge in [-0.05, 0) is 38.1 Å². The van der Waals surface area contributed by atoms with E-state index in [9.17, 15) is 4.79 Å². The molecule has 19 heavy (non-hydrogen) atoms. The molecule has 0 saturated carbocycles. The first-order valence-electron chi connectivity index (χ1n) is 6.89. The normalized spacial score (nSPS) is 20.2. The van der Waals surface area contributed by atoms with Crippen molar-refractivity contribution in [2.45, 2.75) is 32.2 Å². The highest BCUT2D eigenvalue weighted by molar-refractivity contribution is 5.85. The number of hydrogen-bond donors (Lipinski definition) is 2. The van der Waals surface area contributed by atoms with Crippen LogP contribution in [0.1, 0.15) is 36.7 Å². The van der Waals surface area contributed by atoms with E-state index in [4.69, 9.17) is 5.11 Å². The number of pyridine rings is 1. The Labute approximate surface area is 113 Å². The van der Waals surface area contributed by atoms with Gasteiger partial charge in [0.15, 0.2) is 5.69 Å². The Balaban J connectivity index is 1.94. The van der Waals surface area contributed by atoms with Crippen LogP contribution in [0.4, 0.5) is 5.82 Å². The van der Waals surface area contributed by atoms with E-state index in [0.29, 0.717) is 11.9 Å². The fraction of sp³-hybridized carbons (Fsp3) is 0.571. The van der Waals surface area contributed by atoms with Gasteiger partial charge in [-0.25, -0.2) is 9.78 Å². The molecule has 5 nitrogen and oxygen atoms in total. The number of anilines is 1. The molecule has 5 heteroatoms. The molecule has 1 saturated heterocycles. The third-order valence-electron chi connectivity index (χ3n) is 3.64. The van der Waals surface area contributed by atoms with Crippen LogP contribution < -0.4 is 5.32 Å². The lowest BCUT2D eigenvalue weighted by atomic mass is 10.0. The molecule has 1 aromatic rings. The first-order valence-corrected chi connectivity index (χ1v) is 6.89. The van der Waals surface area contributed by atoms with Crippen molar-refractivity contribution in [3.8, 4) is 0 Å². The monoisotopic (exact) mass is 263 g/mol. The standard InChI is InChI=1S/C14H21N3O2/c1-2-17-9-4-3-6-11(17)10-15-13-8-5-7-12(16-13)14(18)19/h5,7-8,11H,2-4,6,9-10H2,1H3,(H,15,16)(H,18,19).